The van der Waals surface area contributed by atoms with Gasteiger partial charge in [0.25, 0.3) is 0 Å². The number of halogens is 1. The lowest BCUT2D eigenvalue weighted by atomic mass is 9.71. The molecule has 2 heterocycles. The third-order valence-electron chi connectivity index (χ3n) is 6.63. The van der Waals surface area contributed by atoms with Crippen molar-refractivity contribution in [3.63, 3.8) is 0 Å². The second-order valence-corrected chi connectivity index (χ2v) is 9.02. The Labute approximate surface area is 186 Å². The molecular weight excluding hydrogens is 411 g/mol. The van der Waals surface area contributed by atoms with E-state index in [0.717, 1.165) is 19.3 Å². The fourth-order valence-corrected chi connectivity index (χ4v) is 4.49. The molecule has 1 aromatic heterocycles. The first-order chi connectivity index (χ1) is 15.3. The number of carbonyl (C=O) groups is 1. The summed E-state index contributed by atoms with van der Waals surface area (Å²) in [5.74, 6) is -0.232. The van der Waals surface area contributed by atoms with Crippen LogP contribution in [0.25, 0.3) is 0 Å². The molecule has 0 radical (unpaired) electrons. The van der Waals surface area contributed by atoms with Gasteiger partial charge in [-0.05, 0) is 49.4 Å². The molecule has 0 bridgehead atoms. The molecule has 2 aromatic rings. The number of hydrogen-bond acceptors (Lipinski definition) is 7. The van der Waals surface area contributed by atoms with Gasteiger partial charge in [-0.2, -0.15) is 10.2 Å². The SMILES string of the molecule is CC1(C)C(O)CCC[C@@H]1Nc1nc(NCCC2C(=O)Nc3ccc(F)cc32)ncc1C#N. The van der Waals surface area contributed by atoms with Gasteiger partial charge in [0.05, 0.1) is 18.2 Å². The van der Waals surface area contributed by atoms with Gasteiger partial charge in [-0.25, -0.2) is 9.37 Å². The van der Waals surface area contributed by atoms with Crippen LogP contribution in [0.4, 0.5) is 21.8 Å². The third-order valence-corrected chi connectivity index (χ3v) is 6.63. The van der Waals surface area contributed by atoms with Gasteiger partial charge in [0, 0.05) is 23.7 Å². The Hall–Kier alpha value is -3.25. The molecule has 4 rings (SSSR count). The van der Waals surface area contributed by atoms with E-state index < -0.39 is 12.0 Å². The van der Waals surface area contributed by atoms with Gasteiger partial charge in [0.2, 0.25) is 11.9 Å². The van der Waals surface area contributed by atoms with Crippen molar-refractivity contribution in [2.75, 3.05) is 22.5 Å². The Morgan fingerprint density at radius 1 is 1.38 bits per heavy atom. The van der Waals surface area contributed by atoms with Crippen molar-refractivity contribution in [1.82, 2.24) is 9.97 Å². The molecule has 0 saturated heterocycles. The van der Waals surface area contributed by atoms with E-state index in [2.05, 4.69) is 32.0 Å². The maximum atomic E-state index is 13.6. The number of fused-ring (bicyclic) bond motifs is 1. The van der Waals surface area contributed by atoms with Crippen molar-refractivity contribution < 1.29 is 14.3 Å². The number of amides is 1. The molecule has 168 valence electrons. The largest absolute Gasteiger partial charge is 0.392 e. The van der Waals surface area contributed by atoms with Crippen LogP contribution in [0, 0.1) is 22.6 Å². The second-order valence-electron chi connectivity index (χ2n) is 9.02. The molecule has 0 spiro atoms. The highest BCUT2D eigenvalue weighted by Crippen LogP contribution is 2.38. The van der Waals surface area contributed by atoms with Crippen molar-refractivity contribution in [1.29, 1.82) is 5.26 Å². The van der Waals surface area contributed by atoms with E-state index in [0.29, 0.717) is 41.5 Å². The van der Waals surface area contributed by atoms with Gasteiger partial charge in [-0.15, -0.1) is 0 Å². The van der Waals surface area contributed by atoms with Crippen LogP contribution in [0.15, 0.2) is 24.4 Å². The van der Waals surface area contributed by atoms with E-state index >= 15 is 0 Å². The van der Waals surface area contributed by atoms with Crippen molar-refractivity contribution in [2.24, 2.45) is 5.41 Å². The maximum absolute atomic E-state index is 13.6. The summed E-state index contributed by atoms with van der Waals surface area (Å²) in [5.41, 5.74) is 1.26. The molecule has 1 amide bonds. The molecule has 8 nitrogen and oxygen atoms in total. The monoisotopic (exact) mass is 438 g/mol. The van der Waals surface area contributed by atoms with Gasteiger partial charge in [-0.1, -0.05) is 13.8 Å². The molecule has 1 aromatic carbocycles. The van der Waals surface area contributed by atoms with E-state index in [-0.39, 0.29) is 23.2 Å². The van der Waals surface area contributed by atoms with Gasteiger partial charge >= 0.3 is 0 Å². The van der Waals surface area contributed by atoms with Crippen LogP contribution < -0.4 is 16.0 Å². The lowest BCUT2D eigenvalue weighted by molar-refractivity contribution is -0.117. The highest BCUT2D eigenvalue weighted by Gasteiger charge is 2.40. The van der Waals surface area contributed by atoms with Crippen LogP contribution in [0.3, 0.4) is 0 Å². The first kappa shape index (κ1) is 22.0. The zero-order valence-corrected chi connectivity index (χ0v) is 18.2. The summed E-state index contributed by atoms with van der Waals surface area (Å²) < 4.78 is 13.6. The number of aliphatic hydroxyl groups is 1. The Morgan fingerprint density at radius 3 is 2.97 bits per heavy atom. The molecule has 4 N–H and O–H groups in total. The van der Waals surface area contributed by atoms with E-state index in [1.54, 1.807) is 6.07 Å². The number of nitrogens with zero attached hydrogens (tertiary/aromatic N) is 3. The number of anilines is 3. The van der Waals surface area contributed by atoms with Crippen LogP contribution in [0.2, 0.25) is 0 Å². The first-order valence-electron chi connectivity index (χ1n) is 10.9. The van der Waals surface area contributed by atoms with Crippen molar-refractivity contribution in [3.8, 4) is 6.07 Å². The van der Waals surface area contributed by atoms with Crippen LogP contribution in [0.5, 0.6) is 0 Å². The maximum Gasteiger partial charge on any atom is 0.232 e. The lowest BCUT2D eigenvalue weighted by Crippen LogP contribution is -2.48. The van der Waals surface area contributed by atoms with Gasteiger partial charge in [0.1, 0.15) is 23.3 Å². The van der Waals surface area contributed by atoms with Crippen molar-refractivity contribution >= 4 is 23.4 Å². The Balaban J connectivity index is 1.44. The summed E-state index contributed by atoms with van der Waals surface area (Å²) in [4.78, 5) is 20.9. The number of nitrogens with one attached hydrogen (secondary N) is 3. The summed E-state index contributed by atoms with van der Waals surface area (Å²) in [6.45, 7) is 4.41. The highest BCUT2D eigenvalue weighted by molar-refractivity contribution is 6.02. The number of aliphatic hydroxyl groups excluding tert-OH is 1. The molecule has 3 atom stereocenters. The quantitative estimate of drug-likeness (QED) is 0.545. The van der Waals surface area contributed by atoms with E-state index in [1.807, 2.05) is 13.8 Å². The van der Waals surface area contributed by atoms with Crippen LogP contribution >= 0.6 is 0 Å². The molecule has 1 aliphatic heterocycles. The zero-order valence-electron chi connectivity index (χ0n) is 18.2. The summed E-state index contributed by atoms with van der Waals surface area (Å²) in [5, 5.41) is 29.1. The molecule has 32 heavy (non-hydrogen) atoms. The number of hydrogen-bond donors (Lipinski definition) is 4. The average Bonchev–Trinajstić information content (AvgIpc) is 3.06. The topological polar surface area (TPSA) is 123 Å². The predicted octanol–water partition coefficient (Wildman–Crippen LogP) is 3.38. The molecular formula is C23H27FN6O2. The minimum atomic E-state index is -0.450. The van der Waals surface area contributed by atoms with E-state index in [9.17, 15) is 19.6 Å². The van der Waals surface area contributed by atoms with Crippen LogP contribution in [-0.2, 0) is 4.79 Å². The van der Waals surface area contributed by atoms with Gasteiger partial charge in [-0.3, -0.25) is 4.79 Å². The van der Waals surface area contributed by atoms with Gasteiger partial charge < -0.3 is 21.1 Å². The Kier molecular flexibility index (Phi) is 5.98. The lowest BCUT2D eigenvalue weighted by Gasteiger charge is -2.43. The minimum Gasteiger partial charge on any atom is -0.392 e. The summed E-state index contributed by atoms with van der Waals surface area (Å²) in [7, 11) is 0. The zero-order chi connectivity index (χ0) is 22.9. The Bertz CT molecular complexity index is 1070. The number of benzene rings is 1. The third kappa shape index (κ3) is 4.23. The second kappa shape index (κ2) is 8.71. The number of carbonyl (C=O) groups excluding carboxylic acids is 1. The van der Waals surface area contributed by atoms with Crippen molar-refractivity contribution in [3.05, 3.63) is 41.3 Å². The van der Waals surface area contributed by atoms with E-state index in [4.69, 9.17) is 0 Å². The van der Waals surface area contributed by atoms with Gasteiger partial charge in [0.15, 0.2) is 0 Å². The summed E-state index contributed by atoms with van der Waals surface area (Å²) in [6, 6.07) is 6.36. The Morgan fingerprint density at radius 2 is 2.19 bits per heavy atom. The number of nitriles is 1. The van der Waals surface area contributed by atoms with Crippen LogP contribution in [-0.4, -0.2) is 39.7 Å². The molecule has 2 aliphatic rings. The molecule has 9 heteroatoms. The molecule has 1 saturated carbocycles. The molecule has 1 aliphatic carbocycles. The number of rotatable bonds is 6. The molecule has 1 fully saturated rings. The van der Waals surface area contributed by atoms with E-state index in [1.165, 1.54) is 18.3 Å². The highest BCUT2D eigenvalue weighted by atomic mass is 19.1. The smallest absolute Gasteiger partial charge is 0.232 e. The summed E-state index contributed by atoms with van der Waals surface area (Å²) in [6.07, 6.45) is 3.99. The van der Waals surface area contributed by atoms with Crippen LogP contribution in [0.1, 0.15) is 56.6 Å². The summed E-state index contributed by atoms with van der Waals surface area (Å²) >= 11 is 0. The number of aromatic nitrogens is 2. The molecule has 2 unspecified atom stereocenters. The fourth-order valence-electron chi connectivity index (χ4n) is 4.49. The fraction of sp³-hybridized carbons (Fsp3) is 0.478. The first-order valence-corrected chi connectivity index (χ1v) is 10.9. The standard InChI is InChI=1S/C23H27FN6O2/c1-23(2)18(4-3-5-19(23)31)29-20-13(11-25)12-27-22(30-20)26-9-8-15-16-10-14(24)6-7-17(16)28-21(15)32/h6-7,10,12,15,18-19,31H,3-5,8-9H2,1-2H3,(H,28,32)(H2,26,27,29,30)/t15?,18-,19?/m0/s1. The normalized spacial score (nSPS) is 23.7. The minimum absolute atomic E-state index is 0.0327. The predicted molar refractivity (Wildman–Crippen MR) is 119 cm³/mol. The van der Waals surface area contributed by atoms with Crippen molar-refractivity contribution in [2.45, 2.75) is 57.6 Å². The average molecular weight is 439 g/mol.